The number of nitrogens with one attached hydrogen (secondary N) is 2. The topological polar surface area (TPSA) is 24.1 Å². The van der Waals surface area contributed by atoms with Crippen LogP contribution in [-0.2, 0) is 0 Å². The first-order valence-electron chi connectivity index (χ1n) is 6.55. The van der Waals surface area contributed by atoms with Crippen molar-refractivity contribution < 1.29 is 0 Å². The van der Waals surface area contributed by atoms with Gasteiger partial charge in [0.1, 0.15) is 0 Å². The fourth-order valence-corrected chi connectivity index (χ4v) is 2.60. The van der Waals surface area contributed by atoms with Crippen molar-refractivity contribution in [2.75, 3.05) is 5.32 Å². The number of thiocarbonyl (C=S) groups is 1. The second kappa shape index (κ2) is 7.25. The van der Waals surface area contributed by atoms with E-state index in [4.69, 9.17) is 23.8 Å². The van der Waals surface area contributed by atoms with Gasteiger partial charge in [0.05, 0.1) is 11.1 Å². The van der Waals surface area contributed by atoms with Crippen molar-refractivity contribution in [2.24, 2.45) is 0 Å². The quantitative estimate of drug-likeness (QED) is 0.688. The number of halogens is 2. The van der Waals surface area contributed by atoms with Crippen LogP contribution >= 0.6 is 39.7 Å². The Balaban J connectivity index is 1.97. The van der Waals surface area contributed by atoms with Gasteiger partial charge in [-0.2, -0.15) is 0 Å². The third-order valence-corrected chi connectivity index (χ3v) is 4.55. The summed E-state index contributed by atoms with van der Waals surface area (Å²) in [5, 5.41) is 7.62. The lowest BCUT2D eigenvalue weighted by molar-refractivity contribution is 0.722. The largest absolute Gasteiger partial charge is 0.356 e. The zero-order valence-corrected chi connectivity index (χ0v) is 14.9. The van der Waals surface area contributed by atoms with Gasteiger partial charge in [0.15, 0.2) is 5.11 Å². The van der Waals surface area contributed by atoms with E-state index < -0.39 is 0 Å². The molecule has 0 aliphatic carbocycles. The van der Waals surface area contributed by atoms with Gasteiger partial charge in [-0.1, -0.05) is 41.4 Å². The molecule has 0 aliphatic rings. The molecule has 0 bridgehead atoms. The van der Waals surface area contributed by atoms with E-state index in [-0.39, 0.29) is 6.04 Å². The molecule has 0 spiro atoms. The lowest BCUT2D eigenvalue weighted by Crippen LogP contribution is -2.30. The van der Waals surface area contributed by atoms with Gasteiger partial charge in [-0.15, -0.1) is 0 Å². The smallest absolute Gasteiger partial charge is 0.171 e. The molecule has 2 aromatic rings. The van der Waals surface area contributed by atoms with Gasteiger partial charge in [0, 0.05) is 10.2 Å². The number of aryl methyl sites for hydroxylation is 1. The summed E-state index contributed by atoms with van der Waals surface area (Å²) >= 11 is 14.8. The standard InChI is InChI=1S/C16H16BrClN2S/c1-10-3-5-12(6-4-10)11(2)19-16(21)20-13-7-8-14(17)15(18)9-13/h3-9,11H,1-2H3,(H2,19,20,21). The fraction of sp³-hybridized carbons (Fsp3) is 0.188. The minimum Gasteiger partial charge on any atom is -0.356 e. The fourth-order valence-electron chi connectivity index (χ4n) is 1.88. The Morgan fingerprint density at radius 1 is 1.19 bits per heavy atom. The van der Waals surface area contributed by atoms with Gasteiger partial charge in [0.25, 0.3) is 0 Å². The maximum Gasteiger partial charge on any atom is 0.171 e. The predicted octanol–water partition coefficient (Wildman–Crippen LogP) is 5.46. The van der Waals surface area contributed by atoms with E-state index in [0.29, 0.717) is 10.1 Å². The Morgan fingerprint density at radius 2 is 1.86 bits per heavy atom. The molecule has 1 atom stereocenters. The summed E-state index contributed by atoms with van der Waals surface area (Å²) in [5.74, 6) is 0. The van der Waals surface area contributed by atoms with Gasteiger partial charge in [-0.3, -0.25) is 0 Å². The predicted molar refractivity (Wildman–Crippen MR) is 98.1 cm³/mol. The number of hydrogen-bond acceptors (Lipinski definition) is 1. The van der Waals surface area contributed by atoms with Crippen LogP contribution in [0.1, 0.15) is 24.1 Å². The molecular formula is C16H16BrClN2S. The van der Waals surface area contributed by atoms with E-state index in [9.17, 15) is 0 Å². The van der Waals surface area contributed by atoms with E-state index >= 15 is 0 Å². The summed E-state index contributed by atoms with van der Waals surface area (Å²) < 4.78 is 0.863. The summed E-state index contributed by atoms with van der Waals surface area (Å²) in [6, 6.07) is 14.2. The van der Waals surface area contributed by atoms with Crippen molar-refractivity contribution in [3.63, 3.8) is 0 Å². The van der Waals surface area contributed by atoms with Crippen molar-refractivity contribution in [2.45, 2.75) is 19.9 Å². The molecule has 0 amide bonds. The Kier molecular flexibility index (Phi) is 5.62. The second-order valence-corrected chi connectivity index (χ2v) is 6.53. The molecule has 5 heteroatoms. The Bertz CT molecular complexity index is 643. The monoisotopic (exact) mass is 382 g/mol. The van der Waals surface area contributed by atoms with Crippen LogP contribution in [0.15, 0.2) is 46.9 Å². The Morgan fingerprint density at radius 3 is 2.48 bits per heavy atom. The SMILES string of the molecule is Cc1ccc(C(C)NC(=S)Nc2ccc(Br)c(Cl)c2)cc1. The highest BCUT2D eigenvalue weighted by molar-refractivity contribution is 9.10. The van der Waals surface area contributed by atoms with Crippen molar-refractivity contribution >= 4 is 50.5 Å². The number of benzene rings is 2. The molecule has 0 saturated carbocycles. The van der Waals surface area contributed by atoms with Gasteiger partial charge in [-0.05, 0) is 65.8 Å². The van der Waals surface area contributed by atoms with Gasteiger partial charge < -0.3 is 10.6 Å². The summed E-state index contributed by atoms with van der Waals surface area (Å²) in [6.45, 7) is 4.15. The molecule has 0 aliphatic heterocycles. The third-order valence-electron chi connectivity index (χ3n) is 3.10. The molecule has 2 nitrogen and oxygen atoms in total. The van der Waals surface area contributed by atoms with Crippen LogP contribution in [0.2, 0.25) is 5.02 Å². The maximum absolute atomic E-state index is 6.06. The lowest BCUT2D eigenvalue weighted by atomic mass is 10.1. The zero-order chi connectivity index (χ0) is 15.4. The molecule has 0 radical (unpaired) electrons. The number of anilines is 1. The molecule has 2 aromatic carbocycles. The van der Waals surface area contributed by atoms with Gasteiger partial charge in [0.2, 0.25) is 0 Å². The molecule has 1 unspecified atom stereocenters. The molecule has 2 N–H and O–H groups in total. The van der Waals surface area contributed by atoms with Crippen LogP contribution < -0.4 is 10.6 Å². The van der Waals surface area contributed by atoms with Crippen molar-refractivity contribution in [1.82, 2.24) is 5.32 Å². The van der Waals surface area contributed by atoms with Crippen LogP contribution in [0.25, 0.3) is 0 Å². The highest BCUT2D eigenvalue weighted by Crippen LogP contribution is 2.25. The molecule has 0 heterocycles. The van der Waals surface area contributed by atoms with Crippen LogP contribution in [0, 0.1) is 6.92 Å². The highest BCUT2D eigenvalue weighted by Gasteiger charge is 2.07. The summed E-state index contributed by atoms with van der Waals surface area (Å²) in [5.41, 5.74) is 3.30. The van der Waals surface area contributed by atoms with E-state index in [1.54, 1.807) is 0 Å². The van der Waals surface area contributed by atoms with E-state index in [1.807, 2.05) is 18.2 Å². The Labute approximate surface area is 144 Å². The van der Waals surface area contributed by atoms with Crippen molar-refractivity contribution in [1.29, 1.82) is 0 Å². The van der Waals surface area contributed by atoms with E-state index in [2.05, 4.69) is 64.7 Å². The van der Waals surface area contributed by atoms with Crippen LogP contribution in [0.5, 0.6) is 0 Å². The second-order valence-electron chi connectivity index (χ2n) is 4.86. The third kappa shape index (κ3) is 4.70. The van der Waals surface area contributed by atoms with Gasteiger partial charge in [-0.25, -0.2) is 0 Å². The summed E-state index contributed by atoms with van der Waals surface area (Å²) in [6.07, 6.45) is 0. The zero-order valence-electron chi connectivity index (χ0n) is 11.8. The molecule has 110 valence electrons. The molecule has 21 heavy (non-hydrogen) atoms. The van der Waals surface area contributed by atoms with E-state index in [1.165, 1.54) is 11.1 Å². The first-order valence-corrected chi connectivity index (χ1v) is 8.13. The normalized spacial score (nSPS) is 11.8. The minimum absolute atomic E-state index is 0.136. The average Bonchev–Trinajstić information content (AvgIpc) is 2.43. The van der Waals surface area contributed by atoms with E-state index in [0.717, 1.165) is 10.2 Å². The average molecular weight is 384 g/mol. The summed E-state index contributed by atoms with van der Waals surface area (Å²) in [4.78, 5) is 0. The summed E-state index contributed by atoms with van der Waals surface area (Å²) in [7, 11) is 0. The molecular weight excluding hydrogens is 368 g/mol. The van der Waals surface area contributed by atoms with Crippen molar-refractivity contribution in [3.8, 4) is 0 Å². The van der Waals surface area contributed by atoms with Crippen LogP contribution in [0.4, 0.5) is 5.69 Å². The lowest BCUT2D eigenvalue weighted by Gasteiger charge is -2.17. The minimum atomic E-state index is 0.136. The van der Waals surface area contributed by atoms with Gasteiger partial charge >= 0.3 is 0 Å². The Hall–Kier alpha value is -1.10. The molecule has 2 rings (SSSR count). The molecule has 0 fully saturated rings. The van der Waals surface area contributed by atoms with Crippen LogP contribution in [-0.4, -0.2) is 5.11 Å². The van der Waals surface area contributed by atoms with Crippen LogP contribution in [0.3, 0.4) is 0 Å². The first-order chi connectivity index (χ1) is 9.95. The number of rotatable bonds is 3. The molecule has 0 saturated heterocycles. The maximum atomic E-state index is 6.06. The van der Waals surface area contributed by atoms with Crippen molar-refractivity contribution in [3.05, 3.63) is 63.1 Å². The first kappa shape index (κ1) is 16.3. The highest BCUT2D eigenvalue weighted by atomic mass is 79.9. The number of hydrogen-bond donors (Lipinski definition) is 2. The molecule has 0 aromatic heterocycles.